The molecule has 1 aliphatic heterocycles. The lowest BCUT2D eigenvalue weighted by molar-refractivity contribution is -0.146. The Morgan fingerprint density at radius 1 is 0.979 bits per heavy atom. The maximum atomic E-state index is 14.7. The monoisotopic (exact) mass is 742 g/mol. The Bertz CT molecular complexity index is 1400. The van der Waals surface area contributed by atoms with Crippen LogP contribution in [0.1, 0.15) is 95.2 Å². The molecule has 0 spiro atoms. The average molecular weight is 744 g/mol. The molecule has 1 aliphatic carbocycles. The van der Waals surface area contributed by atoms with E-state index >= 15 is 0 Å². The molecule has 1 aromatic heterocycles. The molecular weight excluding hydrogens is 699 g/mol. The first-order chi connectivity index (χ1) is 22.7. The molecule has 13 heteroatoms. The summed E-state index contributed by atoms with van der Waals surface area (Å²) in [5.41, 5.74) is -1.94. The number of nitrogens with zero attached hydrogens (tertiary/aromatic N) is 4. The average Bonchev–Trinajstić information content (AvgIpc) is 3.06. The van der Waals surface area contributed by atoms with E-state index in [9.17, 15) is 31.5 Å². The van der Waals surface area contributed by atoms with Crippen molar-refractivity contribution in [2.24, 2.45) is 11.8 Å². The number of allylic oxidation sites excluding steroid dienone is 1. The molecule has 7 nitrogen and oxygen atoms in total. The van der Waals surface area contributed by atoms with Gasteiger partial charge in [0.2, 0.25) is 11.9 Å². The summed E-state index contributed by atoms with van der Waals surface area (Å²) in [6.45, 7) is 9.10. The Kier molecular flexibility index (Phi) is 12.6. The van der Waals surface area contributed by atoms with E-state index in [0.717, 1.165) is 25.0 Å². The number of hydrogen-bond acceptors (Lipinski definition) is 6. The molecule has 1 saturated carbocycles. The molecule has 0 bridgehead atoms. The second kappa shape index (κ2) is 16.1. The first-order valence-electron chi connectivity index (χ1n) is 16.7. The normalized spacial score (nSPS) is 23.4. The standard InChI is InChI=1S/C35H44BrF5N4O3/c1-5-28-17-30(18-29(6-2)45(28)32(47)24-11-9-22(10-12-24)15-31(46)48-8-4)44(33-42-19-27(36)20-43-33)21-23-13-25(34(37,38)7-3)16-26(14-23)35(39,40)41/h7,13-14,16,19-20,22,24,28-30H,3,5-6,8-12,15,17-18,21H2,1-2,4H3/t22?,24?,28-,29+,30?. The molecule has 1 saturated heterocycles. The van der Waals surface area contributed by atoms with E-state index in [1.54, 1.807) is 11.8 Å². The number of esters is 1. The van der Waals surface area contributed by atoms with Crippen molar-refractivity contribution in [3.05, 3.63) is 64.4 Å². The minimum Gasteiger partial charge on any atom is -0.466 e. The summed E-state index contributed by atoms with van der Waals surface area (Å²) in [5.74, 6) is -3.47. The van der Waals surface area contributed by atoms with Crippen molar-refractivity contribution < 1.29 is 36.3 Å². The van der Waals surface area contributed by atoms with E-state index in [1.165, 1.54) is 12.4 Å². The molecule has 1 unspecified atom stereocenters. The van der Waals surface area contributed by atoms with Crippen LogP contribution in [0.2, 0.25) is 0 Å². The van der Waals surface area contributed by atoms with Crippen LogP contribution in [0, 0.1) is 11.8 Å². The molecule has 1 amide bonds. The van der Waals surface area contributed by atoms with Crippen molar-refractivity contribution >= 4 is 33.8 Å². The first-order valence-corrected chi connectivity index (χ1v) is 17.4. The Labute approximate surface area is 287 Å². The van der Waals surface area contributed by atoms with Crippen LogP contribution in [0.4, 0.5) is 27.9 Å². The summed E-state index contributed by atoms with van der Waals surface area (Å²) < 4.78 is 76.8. The van der Waals surface area contributed by atoms with Gasteiger partial charge in [0.05, 0.1) is 16.6 Å². The maximum absolute atomic E-state index is 14.7. The van der Waals surface area contributed by atoms with E-state index in [4.69, 9.17) is 4.74 Å². The Balaban J connectivity index is 1.61. The molecule has 48 heavy (non-hydrogen) atoms. The number of alkyl halides is 5. The molecule has 264 valence electrons. The van der Waals surface area contributed by atoms with Gasteiger partial charge in [-0.05, 0) is 110 Å². The Morgan fingerprint density at radius 3 is 2.08 bits per heavy atom. The van der Waals surface area contributed by atoms with Gasteiger partial charge >= 0.3 is 12.1 Å². The number of aromatic nitrogens is 2. The Morgan fingerprint density at radius 2 is 1.56 bits per heavy atom. The highest BCUT2D eigenvalue weighted by Crippen LogP contribution is 2.40. The number of rotatable bonds is 12. The second-order valence-corrected chi connectivity index (χ2v) is 13.7. The van der Waals surface area contributed by atoms with Crippen LogP contribution < -0.4 is 4.90 Å². The van der Waals surface area contributed by atoms with E-state index < -0.39 is 23.2 Å². The van der Waals surface area contributed by atoms with Gasteiger partial charge in [0.25, 0.3) is 5.92 Å². The van der Waals surface area contributed by atoms with Gasteiger partial charge in [-0.3, -0.25) is 9.59 Å². The van der Waals surface area contributed by atoms with Crippen molar-refractivity contribution in [2.75, 3.05) is 11.5 Å². The summed E-state index contributed by atoms with van der Waals surface area (Å²) >= 11 is 3.32. The predicted octanol–water partition coefficient (Wildman–Crippen LogP) is 8.85. The van der Waals surface area contributed by atoms with Crippen LogP contribution in [0.15, 0.2) is 47.7 Å². The van der Waals surface area contributed by atoms with Crippen LogP contribution in [0.3, 0.4) is 0 Å². The number of hydrogen-bond donors (Lipinski definition) is 0. The van der Waals surface area contributed by atoms with Crippen LogP contribution in [0.25, 0.3) is 0 Å². The molecular formula is C35H44BrF5N4O3. The SMILES string of the molecule is C=CC(F)(F)c1cc(CN(c2ncc(Br)cn2)C2C[C@@H](CC)N(C(=O)C3CCC(CC(=O)OCC)CC3)[C@@H](CC)C2)cc(C(F)(F)F)c1. The molecule has 2 heterocycles. The summed E-state index contributed by atoms with van der Waals surface area (Å²) in [4.78, 5) is 38.8. The highest BCUT2D eigenvalue weighted by molar-refractivity contribution is 9.10. The van der Waals surface area contributed by atoms with Crippen molar-refractivity contribution in [3.63, 3.8) is 0 Å². The minimum absolute atomic E-state index is 0.0343. The summed E-state index contributed by atoms with van der Waals surface area (Å²) in [7, 11) is 0. The van der Waals surface area contributed by atoms with Crippen LogP contribution in [-0.2, 0) is 33.0 Å². The van der Waals surface area contributed by atoms with Gasteiger partial charge in [-0.1, -0.05) is 20.4 Å². The van der Waals surface area contributed by atoms with Gasteiger partial charge in [0.15, 0.2) is 0 Å². The van der Waals surface area contributed by atoms with Gasteiger partial charge in [-0.15, -0.1) is 0 Å². The van der Waals surface area contributed by atoms with E-state index in [2.05, 4.69) is 32.5 Å². The van der Waals surface area contributed by atoms with Crippen molar-refractivity contribution in [2.45, 2.75) is 115 Å². The number of anilines is 1. The lowest BCUT2D eigenvalue weighted by Gasteiger charge is -2.49. The molecule has 2 aromatic rings. The fraction of sp³-hybridized carbons (Fsp3) is 0.600. The van der Waals surface area contributed by atoms with Gasteiger partial charge < -0.3 is 14.5 Å². The van der Waals surface area contributed by atoms with Crippen LogP contribution >= 0.6 is 15.9 Å². The molecule has 3 atom stereocenters. The fourth-order valence-electron chi connectivity index (χ4n) is 7.14. The third-order valence-electron chi connectivity index (χ3n) is 9.65. The van der Waals surface area contributed by atoms with Crippen LogP contribution in [-0.4, -0.2) is 51.5 Å². The van der Waals surface area contributed by atoms with Crippen molar-refractivity contribution in [1.82, 2.24) is 14.9 Å². The zero-order valence-corrected chi connectivity index (χ0v) is 29.2. The predicted molar refractivity (Wildman–Crippen MR) is 176 cm³/mol. The number of amides is 1. The highest BCUT2D eigenvalue weighted by Gasteiger charge is 2.43. The van der Waals surface area contributed by atoms with Gasteiger partial charge in [0.1, 0.15) is 0 Å². The van der Waals surface area contributed by atoms with E-state index in [-0.39, 0.29) is 59.9 Å². The number of carbonyl (C=O) groups excluding carboxylic acids is 2. The largest absolute Gasteiger partial charge is 0.466 e. The number of ether oxygens (including phenoxy) is 1. The van der Waals surface area contributed by atoms with Gasteiger partial charge in [0, 0.05) is 55.0 Å². The first kappa shape index (κ1) is 37.7. The zero-order chi connectivity index (χ0) is 35.2. The minimum atomic E-state index is -4.84. The third-order valence-corrected chi connectivity index (χ3v) is 10.1. The molecule has 0 radical (unpaired) electrons. The van der Waals surface area contributed by atoms with Gasteiger partial charge in [-0.2, -0.15) is 22.0 Å². The summed E-state index contributed by atoms with van der Waals surface area (Å²) in [6, 6.07) is 1.83. The number of carbonyl (C=O) groups is 2. The lowest BCUT2D eigenvalue weighted by atomic mass is 9.78. The zero-order valence-electron chi connectivity index (χ0n) is 27.6. The topological polar surface area (TPSA) is 75.6 Å². The number of halogens is 6. The third kappa shape index (κ3) is 9.12. The summed E-state index contributed by atoms with van der Waals surface area (Å²) in [6.07, 6.45) is 4.19. The lowest BCUT2D eigenvalue weighted by Crippen LogP contribution is -2.58. The number of benzene rings is 1. The molecule has 2 aliphatic rings. The Hall–Kier alpha value is -3.09. The summed E-state index contributed by atoms with van der Waals surface area (Å²) in [5, 5.41) is 0. The molecule has 2 fully saturated rings. The fourth-order valence-corrected chi connectivity index (χ4v) is 7.35. The smallest absolute Gasteiger partial charge is 0.416 e. The van der Waals surface area contributed by atoms with E-state index in [1.807, 2.05) is 18.7 Å². The van der Waals surface area contributed by atoms with Crippen molar-refractivity contribution in [1.29, 1.82) is 0 Å². The van der Waals surface area contributed by atoms with Gasteiger partial charge in [-0.25, -0.2) is 9.97 Å². The molecule has 0 N–H and O–H groups in total. The quantitative estimate of drug-likeness (QED) is 0.123. The highest BCUT2D eigenvalue weighted by atomic mass is 79.9. The maximum Gasteiger partial charge on any atom is 0.416 e. The van der Waals surface area contributed by atoms with Crippen molar-refractivity contribution in [3.8, 4) is 0 Å². The molecule has 1 aromatic carbocycles. The second-order valence-electron chi connectivity index (χ2n) is 12.8. The number of likely N-dealkylation sites (tertiary alicyclic amines) is 1. The molecule has 4 rings (SSSR count). The van der Waals surface area contributed by atoms with E-state index in [0.29, 0.717) is 68.2 Å². The number of piperidine rings is 1. The van der Waals surface area contributed by atoms with Crippen LogP contribution in [0.5, 0.6) is 0 Å².